The number of hydrogen-bond acceptors (Lipinski definition) is 15. The first-order valence-corrected chi connectivity index (χ1v) is 27.7. The lowest BCUT2D eigenvalue weighted by molar-refractivity contribution is -0.132. The van der Waals surface area contributed by atoms with Crippen LogP contribution in [-0.2, 0) is 42.2 Å². The number of hydrogen-bond donors (Lipinski definition) is 5. The van der Waals surface area contributed by atoms with E-state index in [9.17, 15) is 42.9 Å². The second kappa shape index (κ2) is 24.3. The number of carbonyl (C=O) groups excluding carboxylic acids is 3. The molecule has 0 aliphatic carbocycles. The molecule has 5 heterocycles. The number of alkyl halides is 3. The highest BCUT2D eigenvalue weighted by atomic mass is 19.4. The molecule has 7 aromatic rings. The van der Waals surface area contributed by atoms with Gasteiger partial charge in [0.25, 0.3) is 5.91 Å². The second-order valence-corrected chi connectivity index (χ2v) is 21.7. The molecule has 3 amide bonds. The first-order chi connectivity index (χ1) is 39.3. The minimum absolute atomic E-state index is 0.00444. The Kier molecular flexibility index (Phi) is 16.8. The molecule has 0 atom stereocenters. The smallest absolute Gasteiger partial charge is 0.405 e. The Morgan fingerprint density at radius 2 is 1.41 bits per heavy atom. The Bertz CT molecular complexity index is 3450. The first-order valence-electron chi connectivity index (χ1n) is 27.7. The zero-order valence-electron chi connectivity index (χ0n) is 46.5. The number of nitrogens with zero attached hydrogens (tertiary/aromatic N) is 11. The standard InChI is InChI=1S/C60H68F3N13O6/c1-38(2)48-31-49(53(80)32-52(48)79)56-68-69-57(58(82)65-37-60(61,62)63)76(56)44-15-13-41(14-16-44)34-70(4)33-40-9-11-42(12-10-40)35-71-21-23-73(24-22-71)54(81)17-19-64-59-66-50-36-75(51-30-45(78)29-43-7-5-6-8-46(43)51)20-18-47(50)55(67-59)74-27-25-72(26-28-74)39(3)77/h5-16,29-32,38,78-80H,17-28,33-37H2,1-4H3,(H,65,82)(H,64,66,67). The molecule has 5 N–H and O–H groups in total. The number of rotatable bonds is 17. The number of phenols is 3. The molecule has 82 heavy (non-hydrogen) atoms. The van der Waals surface area contributed by atoms with Crippen molar-refractivity contribution in [2.45, 2.75) is 71.9 Å². The third-order valence-corrected chi connectivity index (χ3v) is 15.4. The van der Waals surface area contributed by atoms with Crippen LogP contribution in [0.5, 0.6) is 17.2 Å². The maximum Gasteiger partial charge on any atom is 0.405 e. The van der Waals surface area contributed by atoms with E-state index in [4.69, 9.17) is 9.97 Å². The van der Waals surface area contributed by atoms with Gasteiger partial charge in [-0.3, -0.25) is 28.8 Å². The summed E-state index contributed by atoms with van der Waals surface area (Å²) in [6.45, 7) is 12.5. The van der Waals surface area contributed by atoms with Gasteiger partial charge in [0.15, 0.2) is 5.82 Å². The summed E-state index contributed by atoms with van der Waals surface area (Å²) in [7, 11) is 1.99. The molecular formula is C60H68F3N13O6. The van der Waals surface area contributed by atoms with Crippen molar-refractivity contribution in [3.63, 3.8) is 0 Å². The van der Waals surface area contributed by atoms with Gasteiger partial charge in [-0.2, -0.15) is 18.2 Å². The van der Waals surface area contributed by atoms with Gasteiger partial charge in [0.1, 0.15) is 29.6 Å². The molecule has 2 fully saturated rings. The number of halogens is 3. The highest BCUT2D eigenvalue weighted by Crippen LogP contribution is 2.39. The van der Waals surface area contributed by atoms with Gasteiger partial charge in [0.05, 0.1) is 17.8 Å². The normalized spacial score (nSPS) is 15.1. The average molecular weight is 1120 g/mol. The zero-order valence-corrected chi connectivity index (χ0v) is 46.5. The molecule has 2 saturated heterocycles. The maximum absolute atomic E-state index is 13.6. The molecule has 0 radical (unpaired) electrons. The van der Waals surface area contributed by atoms with Crippen molar-refractivity contribution in [2.24, 2.45) is 0 Å². The maximum atomic E-state index is 13.6. The number of carbonyl (C=O) groups is 3. The van der Waals surface area contributed by atoms with E-state index >= 15 is 0 Å². The summed E-state index contributed by atoms with van der Waals surface area (Å²) in [6, 6.07) is 29.9. The molecule has 0 spiro atoms. The molecule has 430 valence electrons. The molecule has 0 bridgehead atoms. The molecule has 0 unspecified atom stereocenters. The van der Waals surface area contributed by atoms with Gasteiger partial charge in [0, 0.05) is 133 Å². The number of piperazine rings is 2. The highest BCUT2D eigenvalue weighted by molar-refractivity contribution is 5.96. The van der Waals surface area contributed by atoms with Crippen LogP contribution >= 0.6 is 0 Å². The van der Waals surface area contributed by atoms with Crippen molar-refractivity contribution in [1.82, 2.24) is 49.6 Å². The number of fused-ring (bicyclic) bond motifs is 2. The number of anilines is 3. The Labute approximate surface area is 473 Å². The Morgan fingerprint density at radius 3 is 2.10 bits per heavy atom. The fraction of sp³-hybridized carbons (Fsp3) is 0.383. The van der Waals surface area contributed by atoms with E-state index in [1.54, 1.807) is 25.1 Å². The third-order valence-electron chi connectivity index (χ3n) is 15.4. The van der Waals surface area contributed by atoms with Crippen LogP contribution in [0.15, 0.2) is 97.1 Å². The lowest BCUT2D eigenvalue weighted by atomic mass is 9.98. The predicted molar refractivity (Wildman–Crippen MR) is 306 cm³/mol. The molecule has 22 heteroatoms. The largest absolute Gasteiger partial charge is 0.508 e. The summed E-state index contributed by atoms with van der Waals surface area (Å²) >= 11 is 0. The van der Waals surface area contributed by atoms with Crippen LogP contribution in [0.1, 0.15) is 77.2 Å². The molecule has 3 aliphatic heterocycles. The van der Waals surface area contributed by atoms with Crippen LogP contribution in [0.4, 0.5) is 30.6 Å². The lowest BCUT2D eigenvalue weighted by Gasteiger charge is -2.38. The molecule has 0 saturated carbocycles. The lowest BCUT2D eigenvalue weighted by Crippen LogP contribution is -2.49. The number of benzene rings is 5. The van der Waals surface area contributed by atoms with Crippen LogP contribution in [0.3, 0.4) is 0 Å². The van der Waals surface area contributed by atoms with Crippen LogP contribution in [0.2, 0.25) is 0 Å². The minimum Gasteiger partial charge on any atom is -0.508 e. The van der Waals surface area contributed by atoms with E-state index in [0.717, 1.165) is 82.5 Å². The number of amides is 3. The number of nitrogens with one attached hydrogen (secondary N) is 2. The first kappa shape index (κ1) is 56.8. The molecule has 19 nitrogen and oxygen atoms in total. The van der Waals surface area contributed by atoms with E-state index in [-0.39, 0.29) is 52.8 Å². The quantitative estimate of drug-likeness (QED) is 0.0601. The topological polar surface area (TPSA) is 212 Å². The van der Waals surface area contributed by atoms with Gasteiger partial charge >= 0.3 is 6.18 Å². The molecular weight excluding hydrogens is 1060 g/mol. The molecule has 10 rings (SSSR count). The monoisotopic (exact) mass is 1120 g/mol. The van der Waals surface area contributed by atoms with E-state index in [0.29, 0.717) is 89.1 Å². The van der Waals surface area contributed by atoms with Gasteiger partial charge in [0.2, 0.25) is 23.6 Å². The Balaban J connectivity index is 0.717. The average Bonchev–Trinajstić information content (AvgIpc) is 3.95. The van der Waals surface area contributed by atoms with E-state index < -0.39 is 24.5 Å². The van der Waals surface area contributed by atoms with Crippen LogP contribution in [0, 0.1) is 0 Å². The van der Waals surface area contributed by atoms with Crippen molar-refractivity contribution < 1.29 is 42.9 Å². The van der Waals surface area contributed by atoms with Crippen LogP contribution < -0.4 is 20.4 Å². The van der Waals surface area contributed by atoms with Gasteiger partial charge in [-0.05, 0) is 71.3 Å². The fourth-order valence-electron chi connectivity index (χ4n) is 11.1. The Morgan fingerprint density at radius 1 is 0.744 bits per heavy atom. The number of aromatic nitrogens is 5. The summed E-state index contributed by atoms with van der Waals surface area (Å²) in [6.07, 6.45) is -3.66. The van der Waals surface area contributed by atoms with Crippen LogP contribution in [0.25, 0.3) is 27.8 Å². The van der Waals surface area contributed by atoms with Gasteiger partial charge in [-0.25, -0.2) is 4.98 Å². The summed E-state index contributed by atoms with van der Waals surface area (Å²) in [5, 5.41) is 47.4. The molecule has 3 aliphatic rings. The van der Waals surface area contributed by atoms with Crippen LogP contribution in [-0.4, -0.2) is 163 Å². The Hall–Kier alpha value is -8.50. The van der Waals surface area contributed by atoms with Crippen molar-refractivity contribution in [3.05, 3.63) is 136 Å². The van der Waals surface area contributed by atoms with Gasteiger partial charge in [-0.15, -0.1) is 10.2 Å². The third kappa shape index (κ3) is 13.1. The number of phenolic OH excluding ortho intramolecular Hbond substituents is 3. The van der Waals surface area contributed by atoms with Crippen molar-refractivity contribution in [3.8, 4) is 34.3 Å². The minimum atomic E-state index is -4.66. The van der Waals surface area contributed by atoms with Crippen molar-refractivity contribution >= 4 is 45.9 Å². The summed E-state index contributed by atoms with van der Waals surface area (Å²) in [5.74, 6) is -0.495. The fourth-order valence-corrected chi connectivity index (χ4v) is 11.1. The summed E-state index contributed by atoms with van der Waals surface area (Å²) in [5.41, 5.74) is 7.12. The summed E-state index contributed by atoms with van der Waals surface area (Å²) in [4.78, 5) is 61.7. The molecule has 2 aromatic heterocycles. The highest BCUT2D eigenvalue weighted by Gasteiger charge is 2.32. The van der Waals surface area contributed by atoms with E-state index in [1.165, 1.54) is 10.6 Å². The van der Waals surface area contributed by atoms with Crippen molar-refractivity contribution in [1.29, 1.82) is 0 Å². The summed E-state index contributed by atoms with van der Waals surface area (Å²) < 4.78 is 40.6. The van der Waals surface area contributed by atoms with E-state index in [1.807, 2.05) is 72.4 Å². The predicted octanol–water partition coefficient (Wildman–Crippen LogP) is 7.42. The number of aromatic hydroxyl groups is 3. The second-order valence-electron chi connectivity index (χ2n) is 21.7. The van der Waals surface area contributed by atoms with Gasteiger partial charge in [-0.1, -0.05) is 74.5 Å². The molecule has 5 aromatic carbocycles. The van der Waals surface area contributed by atoms with Gasteiger partial charge < -0.3 is 45.6 Å². The van der Waals surface area contributed by atoms with Crippen molar-refractivity contribution in [2.75, 3.05) is 94.2 Å². The SMILES string of the molecule is CC(=O)N1CCN(c2nc(NCCC(=O)N3CCN(Cc4ccc(CN(C)Cc5ccc(-n6c(C(=O)NCC(F)(F)F)nnc6-c6cc(C(C)C)c(O)cc6O)cc5)cc4)CC3)nc3c2CCN(c2cc(O)cc4ccccc24)C3)CC1. The van der Waals surface area contributed by atoms with E-state index in [2.05, 4.69) is 65.4 Å². The zero-order chi connectivity index (χ0) is 57.8.